The van der Waals surface area contributed by atoms with E-state index in [1.165, 1.54) is 31.3 Å². The van der Waals surface area contributed by atoms with E-state index >= 15 is 0 Å². The van der Waals surface area contributed by atoms with E-state index in [1.54, 1.807) is 6.20 Å². The van der Waals surface area contributed by atoms with Crippen molar-refractivity contribution >= 4 is 46.4 Å². The van der Waals surface area contributed by atoms with Gasteiger partial charge < -0.3 is 20.7 Å². The highest BCUT2D eigenvalue weighted by Crippen LogP contribution is 2.67. The van der Waals surface area contributed by atoms with Crippen LogP contribution in [0.5, 0.6) is 0 Å². The van der Waals surface area contributed by atoms with Crippen LogP contribution in [-0.4, -0.2) is 41.5 Å². The number of methoxy groups -OCH3 is 1. The Labute approximate surface area is 232 Å². The largest absolute Gasteiger partial charge is 0.469 e. The summed E-state index contributed by atoms with van der Waals surface area (Å²) in [6, 6.07) is 4.93. The minimum absolute atomic E-state index is 0.0514. The van der Waals surface area contributed by atoms with Gasteiger partial charge in [-0.2, -0.15) is 0 Å². The van der Waals surface area contributed by atoms with Crippen LogP contribution in [0, 0.1) is 18.3 Å². The van der Waals surface area contributed by atoms with Gasteiger partial charge in [-0.25, -0.2) is 0 Å². The lowest BCUT2D eigenvalue weighted by Crippen LogP contribution is -2.78. The molecule has 2 heterocycles. The number of aromatic nitrogens is 1. The predicted octanol–water partition coefficient (Wildman–Crippen LogP) is 5.17. The van der Waals surface area contributed by atoms with Crippen LogP contribution in [0.15, 0.2) is 24.4 Å². The maximum absolute atomic E-state index is 13.4. The van der Waals surface area contributed by atoms with Crippen LogP contribution >= 0.6 is 22.9 Å². The van der Waals surface area contributed by atoms with Gasteiger partial charge in [0.2, 0.25) is 5.91 Å². The number of amides is 2. The van der Waals surface area contributed by atoms with Crippen molar-refractivity contribution in [1.82, 2.24) is 15.6 Å². The molecule has 0 unspecified atom stereocenters. The number of ether oxygens (including phenoxy) is 1. The van der Waals surface area contributed by atoms with Crippen LogP contribution in [0.3, 0.4) is 0 Å². The quantitative estimate of drug-likeness (QED) is 0.347. The van der Waals surface area contributed by atoms with Crippen LogP contribution in [0.2, 0.25) is 5.02 Å². The van der Waals surface area contributed by atoms with Crippen molar-refractivity contribution in [1.29, 1.82) is 0 Å². The second kappa shape index (κ2) is 10.5. The Balaban J connectivity index is 1.22. The van der Waals surface area contributed by atoms with Gasteiger partial charge in [0.05, 0.1) is 39.8 Å². The Hall–Kier alpha value is -2.65. The molecule has 4 aliphatic rings. The number of anilines is 1. The first-order chi connectivity index (χ1) is 18.1. The number of halogens is 1. The third-order valence-electron chi connectivity index (χ3n) is 8.41. The minimum Gasteiger partial charge on any atom is -0.469 e. The lowest BCUT2D eigenvalue weighted by Gasteiger charge is -2.68. The average molecular weight is 559 g/mol. The molecule has 4 fully saturated rings. The lowest BCUT2D eigenvalue weighted by molar-refractivity contribution is -0.203. The third kappa shape index (κ3) is 5.27. The molecule has 2 atom stereocenters. The standard InChI is InChI=1S/C28H35ClN4O4S/c1-16-20(11-19(29)12-30-16)31-17(2)22-8-9-23(38-22)25(35)32-21(10-18-6-4-5-7-18)24(34)33-28-13-27(14-28,15-28)26(36)37-3/h8-9,11-12,17-18,21,31H,4-7,10,13-15H2,1-3H3,(H,32,35)(H,33,34)/t17-,21-,27?,28?/m0/s1. The molecule has 2 aromatic heterocycles. The summed E-state index contributed by atoms with van der Waals surface area (Å²) in [5.74, 6) is -0.156. The summed E-state index contributed by atoms with van der Waals surface area (Å²) in [4.78, 5) is 44.5. The van der Waals surface area contributed by atoms with E-state index in [1.807, 2.05) is 32.0 Å². The van der Waals surface area contributed by atoms with E-state index in [0.29, 0.717) is 41.5 Å². The molecule has 10 heteroatoms. The topological polar surface area (TPSA) is 109 Å². The molecule has 4 saturated carbocycles. The predicted molar refractivity (Wildman–Crippen MR) is 147 cm³/mol. The van der Waals surface area contributed by atoms with Gasteiger partial charge in [-0.05, 0) is 63.6 Å². The zero-order valence-electron chi connectivity index (χ0n) is 22.1. The molecule has 0 aliphatic heterocycles. The zero-order valence-corrected chi connectivity index (χ0v) is 23.6. The number of hydrogen-bond acceptors (Lipinski definition) is 7. The second-order valence-electron chi connectivity index (χ2n) is 11.3. The summed E-state index contributed by atoms with van der Waals surface area (Å²) in [5, 5.41) is 10.2. The highest BCUT2D eigenvalue weighted by Gasteiger charge is 2.73. The van der Waals surface area contributed by atoms with Crippen LogP contribution < -0.4 is 16.0 Å². The molecule has 3 N–H and O–H groups in total. The SMILES string of the molecule is COC(=O)C12CC(NC(=O)[C@H](CC3CCCC3)NC(=O)c3ccc([C@H](C)Nc4cc(Cl)cnc4C)s3)(C1)C2. The van der Waals surface area contributed by atoms with Crippen LogP contribution in [-0.2, 0) is 14.3 Å². The highest BCUT2D eigenvalue weighted by atomic mass is 35.5. The van der Waals surface area contributed by atoms with E-state index in [0.717, 1.165) is 29.1 Å². The van der Waals surface area contributed by atoms with E-state index in [9.17, 15) is 14.4 Å². The van der Waals surface area contributed by atoms with Gasteiger partial charge in [0.1, 0.15) is 6.04 Å². The monoisotopic (exact) mass is 558 g/mol. The Morgan fingerprint density at radius 1 is 1.21 bits per heavy atom. The molecular weight excluding hydrogens is 524 g/mol. The summed E-state index contributed by atoms with van der Waals surface area (Å²) < 4.78 is 4.92. The molecule has 6 rings (SSSR count). The molecule has 0 spiro atoms. The number of pyridine rings is 1. The number of thiophene rings is 1. The van der Waals surface area contributed by atoms with Crippen LogP contribution in [0.1, 0.15) is 84.6 Å². The maximum Gasteiger partial charge on any atom is 0.312 e. The molecule has 0 aromatic carbocycles. The van der Waals surface area contributed by atoms with E-state index in [-0.39, 0.29) is 29.4 Å². The molecule has 38 heavy (non-hydrogen) atoms. The smallest absolute Gasteiger partial charge is 0.312 e. The van der Waals surface area contributed by atoms with Crippen molar-refractivity contribution in [2.24, 2.45) is 11.3 Å². The average Bonchev–Trinajstić information content (AvgIpc) is 3.54. The highest BCUT2D eigenvalue weighted by molar-refractivity contribution is 7.14. The Bertz CT molecular complexity index is 1220. The fourth-order valence-electron chi connectivity index (χ4n) is 6.41. The van der Waals surface area contributed by atoms with E-state index < -0.39 is 11.5 Å². The first kappa shape index (κ1) is 26.9. The summed E-state index contributed by atoms with van der Waals surface area (Å²) in [7, 11) is 1.41. The number of nitrogens with zero attached hydrogens (tertiary/aromatic N) is 1. The molecule has 0 saturated heterocycles. The minimum atomic E-state index is -0.602. The van der Waals surface area contributed by atoms with Crippen LogP contribution in [0.25, 0.3) is 0 Å². The number of aryl methyl sites for hydroxylation is 1. The van der Waals surface area contributed by atoms with E-state index in [2.05, 4.69) is 20.9 Å². The summed E-state index contributed by atoms with van der Waals surface area (Å²) in [6.07, 6.45) is 8.59. The summed E-state index contributed by atoms with van der Waals surface area (Å²) in [6.45, 7) is 3.94. The number of carbonyl (C=O) groups excluding carboxylic acids is 3. The fourth-order valence-corrected chi connectivity index (χ4v) is 7.48. The Morgan fingerprint density at radius 3 is 2.61 bits per heavy atom. The number of rotatable bonds is 10. The summed E-state index contributed by atoms with van der Waals surface area (Å²) in [5.41, 5.74) is 0.927. The van der Waals surface area contributed by atoms with Crippen molar-refractivity contribution in [2.45, 2.75) is 82.8 Å². The normalized spacial score (nSPS) is 25.5. The molecule has 2 aromatic rings. The number of esters is 1. The molecule has 8 nitrogen and oxygen atoms in total. The summed E-state index contributed by atoms with van der Waals surface area (Å²) >= 11 is 7.51. The Kier molecular flexibility index (Phi) is 7.44. The van der Waals surface area contributed by atoms with Gasteiger partial charge in [-0.15, -0.1) is 11.3 Å². The van der Waals surface area contributed by atoms with Gasteiger partial charge in [0, 0.05) is 16.6 Å². The molecular formula is C28H35ClN4O4S. The molecule has 2 amide bonds. The molecule has 0 radical (unpaired) electrons. The fraction of sp³-hybridized carbons (Fsp3) is 0.571. The number of nitrogens with one attached hydrogen (secondary N) is 3. The van der Waals surface area contributed by atoms with Crippen molar-refractivity contribution in [3.63, 3.8) is 0 Å². The molecule has 204 valence electrons. The van der Waals surface area contributed by atoms with E-state index in [4.69, 9.17) is 16.3 Å². The Morgan fingerprint density at radius 2 is 1.92 bits per heavy atom. The molecule has 4 aliphatic carbocycles. The first-order valence-corrected chi connectivity index (χ1v) is 14.5. The zero-order chi connectivity index (χ0) is 27.1. The lowest BCUT2D eigenvalue weighted by atomic mass is 9.39. The first-order valence-electron chi connectivity index (χ1n) is 13.3. The van der Waals surface area contributed by atoms with Crippen molar-refractivity contribution in [3.8, 4) is 0 Å². The third-order valence-corrected chi connectivity index (χ3v) is 9.88. The van der Waals surface area contributed by atoms with Gasteiger partial charge in [-0.3, -0.25) is 19.4 Å². The van der Waals surface area contributed by atoms with Gasteiger partial charge in [0.15, 0.2) is 0 Å². The van der Waals surface area contributed by atoms with Crippen LogP contribution in [0.4, 0.5) is 5.69 Å². The maximum atomic E-state index is 13.4. The van der Waals surface area contributed by atoms with Gasteiger partial charge in [-0.1, -0.05) is 37.3 Å². The number of carbonyl (C=O) groups is 3. The molecule has 2 bridgehead atoms. The van der Waals surface area contributed by atoms with Gasteiger partial charge >= 0.3 is 5.97 Å². The van der Waals surface area contributed by atoms with Crippen molar-refractivity contribution in [3.05, 3.63) is 44.9 Å². The van der Waals surface area contributed by atoms with Gasteiger partial charge in [0.25, 0.3) is 5.91 Å². The van der Waals surface area contributed by atoms with Crippen molar-refractivity contribution in [2.75, 3.05) is 12.4 Å². The van der Waals surface area contributed by atoms with Crippen molar-refractivity contribution < 1.29 is 19.1 Å². The number of hydrogen-bond donors (Lipinski definition) is 3. The second-order valence-corrected chi connectivity index (χ2v) is 12.9.